The highest BCUT2D eigenvalue weighted by Crippen LogP contribution is 2.54. The zero-order chi connectivity index (χ0) is 16.8. The quantitative estimate of drug-likeness (QED) is 0.790. The van der Waals surface area contributed by atoms with Gasteiger partial charge in [0.25, 0.3) is 0 Å². The smallest absolute Gasteiger partial charge is 0.407 e. The molecule has 1 unspecified atom stereocenters. The van der Waals surface area contributed by atoms with Gasteiger partial charge in [-0.05, 0) is 51.9 Å². The summed E-state index contributed by atoms with van der Waals surface area (Å²) in [5.74, 6) is -0.436. The summed E-state index contributed by atoms with van der Waals surface area (Å²) in [5, 5.41) is 9.63. The van der Waals surface area contributed by atoms with Gasteiger partial charge in [-0.2, -0.15) is 0 Å². The first-order valence-electron chi connectivity index (χ1n) is 8.54. The molecule has 1 heterocycles. The molecule has 2 saturated carbocycles. The molecule has 1 saturated heterocycles. The van der Waals surface area contributed by atoms with Gasteiger partial charge in [-0.15, -0.1) is 0 Å². The summed E-state index contributed by atoms with van der Waals surface area (Å²) in [6.07, 6.45) is 3.27. The number of fused-ring (bicyclic) bond motifs is 1. The zero-order valence-corrected chi connectivity index (χ0v) is 14.2. The lowest BCUT2D eigenvalue weighted by molar-refractivity contribution is -0.184. The van der Waals surface area contributed by atoms with Crippen LogP contribution in [-0.2, 0) is 14.3 Å². The summed E-state index contributed by atoms with van der Waals surface area (Å²) in [4.78, 5) is 25.0. The van der Waals surface area contributed by atoms with E-state index in [1.807, 2.05) is 20.8 Å². The Balaban J connectivity index is 1.79. The van der Waals surface area contributed by atoms with E-state index in [1.54, 1.807) is 4.90 Å². The first-order valence-corrected chi connectivity index (χ1v) is 8.54. The van der Waals surface area contributed by atoms with E-state index in [4.69, 9.17) is 9.47 Å². The summed E-state index contributed by atoms with van der Waals surface area (Å²) in [7, 11) is 0. The number of carbonyl (C=O) groups excluding carboxylic acids is 1. The van der Waals surface area contributed by atoms with Crippen molar-refractivity contribution in [3.63, 3.8) is 0 Å². The number of hydrogen-bond acceptors (Lipinski definition) is 4. The van der Waals surface area contributed by atoms with Crippen LogP contribution in [0, 0.1) is 17.8 Å². The van der Waals surface area contributed by atoms with E-state index in [2.05, 4.69) is 0 Å². The molecule has 6 nitrogen and oxygen atoms in total. The van der Waals surface area contributed by atoms with Gasteiger partial charge in [0.2, 0.25) is 0 Å². The van der Waals surface area contributed by atoms with E-state index >= 15 is 0 Å². The highest BCUT2D eigenvalue weighted by atomic mass is 16.7. The van der Waals surface area contributed by atoms with E-state index in [-0.39, 0.29) is 23.8 Å². The topological polar surface area (TPSA) is 76.1 Å². The van der Waals surface area contributed by atoms with Crippen LogP contribution in [0.15, 0.2) is 0 Å². The predicted molar refractivity (Wildman–Crippen MR) is 83.0 cm³/mol. The molecule has 3 fully saturated rings. The Labute approximate surface area is 137 Å². The maximum Gasteiger partial charge on any atom is 0.407 e. The van der Waals surface area contributed by atoms with Crippen LogP contribution in [0.5, 0.6) is 0 Å². The number of carboxylic acid groups (broad SMARTS) is 1. The van der Waals surface area contributed by atoms with Gasteiger partial charge < -0.3 is 24.3 Å². The van der Waals surface area contributed by atoms with Gasteiger partial charge in [0.1, 0.15) is 6.29 Å². The largest absolute Gasteiger partial charge is 0.465 e. The van der Waals surface area contributed by atoms with Crippen molar-refractivity contribution in [3.8, 4) is 0 Å². The minimum Gasteiger partial charge on any atom is -0.465 e. The van der Waals surface area contributed by atoms with Crippen LogP contribution in [0.1, 0.15) is 46.5 Å². The number of hydrogen-bond donors (Lipinski definition) is 1. The molecule has 1 aliphatic heterocycles. The molecular weight excluding hydrogens is 298 g/mol. The zero-order valence-electron chi connectivity index (χ0n) is 14.2. The molecule has 1 amide bonds. The van der Waals surface area contributed by atoms with Crippen molar-refractivity contribution >= 4 is 12.4 Å². The molecule has 6 heteroatoms. The lowest BCUT2D eigenvalue weighted by Crippen LogP contribution is -2.53. The molecule has 0 aromatic carbocycles. The summed E-state index contributed by atoms with van der Waals surface area (Å²) in [5.41, 5.74) is -0.427. The second-order valence-electron chi connectivity index (χ2n) is 8.09. The van der Waals surface area contributed by atoms with E-state index in [9.17, 15) is 14.7 Å². The molecule has 0 aromatic heterocycles. The summed E-state index contributed by atoms with van der Waals surface area (Å²) in [6, 6.07) is -0.00222. The Hall–Kier alpha value is -1.14. The minimum absolute atomic E-state index is 0.00222. The van der Waals surface area contributed by atoms with Crippen LogP contribution >= 0.6 is 0 Å². The van der Waals surface area contributed by atoms with Gasteiger partial charge in [0.15, 0.2) is 5.79 Å². The number of amides is 1. The van der Waals surface area contributed by atoms with Crippen molar-refractivity contribution in [1.29, 1.82) is 0 Å². The summed E-state index contributed by atoms with van der Waals surface area (Å²) < 4.78 is 11.6. The molecule has 23 heavy (non-hydrogen) atoms. The first kappa shape index (κ1) is 16.7. The normalized spacial score (nSPS) is 36.0. The van der Waals surface area contributed by atoms with Crippen molar-refractivity contribution in [1.82, 2.24) is 4.90 Å². The monoisotopic (exact) mass is 325 g/mol. The van der Waals surface area contributed by atoms with Crippen LogP contribution in [-0.4, -0.2) is 53.0 Å². The molecule has 3 aliphatic rings. The van der Waals surface area contributed by atoms with Crippen molar-refractivity contribution < 1.29 is 24.2 Å². The number of aldehydes is 1. The number of carbonyl (C=O) groups is 2. The minimum atomic E-state index is -0.867. The van der Waals surface area contributed by atoms with Crippen LogP contribution in [0.2, 0.25) is 0 Å². The fourth-order valence-electron chi connectivity index (χ4n) is 5.01. The number of ether oxygens (including phenoxy) is 2. The maximum atomic E-state index is 11.7. The number of rotatable bonds is 2. The van der Waals surface area contributed by atoms with E-state index in [0.717, 1.165) is 25.5 Å². The Morgan fingerprint density at radius 3 is 2.43 bits per heavy atom. The van der Waals surface area contributed by atoms with Gasteiger partial charge in [-0.3, -0.25) is 0 Å². The number of nitrogens with zero attached hydrogens (tertiary/aromatic N) is 1. The molecule has 130 valence electrons. The highest BCUT2D eigenvalue weighted by molar-refractivity contribution is 5.66. The van der Waals surface area contributed by atoms with Crippen molar-refractivity contribution in [2.24, 2.45) is 17.8 Å². The fraction of sp³-hybridized carbons (Fsp3) is 0.882. The molecule has 1 spiro atoms. The average molecular weight is 325 g/mol. The Morgan fingerprint density at radius 2 is 1.91 bits per heavy atom. The SMILES string of the molecule is CC(C)(C)N(C(=O)O)C1CC[C@@H]2[C@@H](C1)CC1(OCCO1)[C@H]2C=O. The molecule has 3 rings (SSSR count). The molecule has 0 radical (unpaired) electrons. The van der Waals surface area contributed by atoms with Crippen molar-refractivity contribution in [2.45, 2.75) is 63.8 Å². The molecule has 1 N–H and O–H groups in total. The van der Waals surface area contributed by atoms with Crippen LogP contribution in [0.25, 0.3) is 0 Å². The van der Waals surface area contributed by atoms with Crippen LogP contribution in [0.3, 0.4) is 0 Å². The lowest BCUT2D eigenvalue weighted by Gasteiger charge is -2.44. The van der Waals surface area contributed by atoms with Gasteiger partial charge >= 0.3 is 6.09 Å². The van der Waals surface area contributed by atoms with Crippen LogP contribution < -0.4 is 0 Å². The maximum absolute atomic E-state index is 11.7. The Morgan fingerprint density at radius 1 is 1.26 bits per heavy atom. The standard InChI is InChI=1S/C17H27NO5/c1-16(2,3)18(15(20)21)12-4-5-13-11(8-12)9-17(14(13)10-19)22-6-7-23-17/h10-14H,4-9H2,1-3H3,(H,20,21)/t11-,12?,13+,14-/m0/s1. The van der Waals surface area contributed by atoms with Gasteiger partial charge in [0.05, 0.1) is 19.1 Å². The third kappa shape index (κ3) is 2.76. The molecule has 0 aromatic rings. The fourth-order valence-corrected chi connectivity index (χ4v) is 5.01. The van der Waals surface area contributed by atoms with Crippen molar-refractivity contribution in [2.75, 3.05) is 13.2 Å². The van der Waals surface area contributed by atoms with Crippen LogP contribution in [0.4, 0.5) is 4.79 Å². The van der Waals surface area contributed by atoms with E-state index in [1.165, 1.54) is 0 Å². The molecular formula is C17H27NO5. The van der Waals surface area contributed by atoms with E-state index in [0.29, 0.717) is 19.6 Å². The Bertz CT molecular complexity index is 480. The van der Waals surface area contributed by atoms with Crippen molar-refractivity contribution in [3.05, 3.63) is 0 Å². The Kier molecular flexibility index (Phi) is 4.17. The van der Waals surface area contributed by atoms with E-state index < -0.39 is 17.4 Å². The molecule has 0 bridgehead atoms. The third-order valence-electron chi connectivity index (χ3n) is 5.75. The third-order valence-corrected chi connectivity index (χ3v) is 5.75. The molecule has 4 atom stereocenters. The highest BCUT2D eigenvalue weighted by Gasteiger charge is 2.59. The van der Waals surface area contributed by atoms with Gasteiger partial charge in [0, 0.05) is 18.0 Å². The molecule has 2 aliphatic carbocycles. The average Bonchev–Trinajstić information content (AvgIpc) is 3.01. The summed E-state index contributed by atoms with van der Waals surface area (Å²) >= 11 is 0. The first-order chi connectivity index (χ1) is 10.8. The lowest BCUT2D eigenvalue weighted by atomic mass is 9.75. The van der Waals surface area contributed by atoms with Gasteiger partial charge in [-0.25, -0.2) is 4.79 Å². The van der Waals surface area contributed by atoms with Gasteiger partial charge in [-0.1, -0.05) is 0 Å². The second-order valence-corrected chi connectivity index (χ2v) is 8.09. The summed E-state index contributed by atoms with van der Waals surface area (Å²) in [6.45, 7) is 6.87. The predicted octanol–water partition coefficient (Wildman–Crippen LogP) is 2.51. The second kappa shape index (κ2) is 5.74.